The molecule has 0 aliphatic carbocycles. The van der Waals surface area contributed by atoms with Crippen molar-refractivity contribution in [3.63, 3.8) is 0 Å². The number of ether oxygens (including phenoxy) is 2. The second kappa shape index (κ2) is 10.3. The van der Waals surface area contributed by atoms with Crippen LogP contribution in [0.25, 0.3) is 0 Å². The molecule has 0 spiro atoms. The van der Waals surface area contributed by atoms with E-state index in [-0.39, 0.29) is 29.4 Å². The molecule has 0 saturated carbocycles. The maximum absolute atomic E-state index is 14.3. The van der Waals surface area contributed by atoms with Crippen LogP contribution in [0.2, 0.25) is 10.0 Å². The van der Waals surface area contributed by atoms with Gasteiger partial charge in [0, 0.05) is 28.6 Å². The van der Waals surface area contributed by atoms with Crippen molar-refractivity contribution in [3.05, 3.63) is 87.4 Å². The molecule has 34 heavy (non-hydrogen) atoms. The summed E-state index contributed by atoms with van der Waals surface area (Å²) in [6.45, 7) is 0.279. The van der Waals surface area contributed by atoms with Crippen molar-refractivity contribution in [1.82, 2.24) is 5.32 Å². The predicted octanol–water partition coefficient (Wildman–Crippen LogP) is 6.00. The fourth-order valence-electron chi connectivity index (χ4n) is 3.67. The highest BCUT2D eigenvalue weighted by Crippen LogP contribution is 2.41. The van der Waals surface area contributed by atoms with Gasteiger partial charge in [0.25, 0.3) is 5.91 Å². The summed E-state index contributed by atoms with van der Waals surface area (Å²) < 4.78 is 25.7. The number of carbonyl (C=O) groups is 2. The van der Waals surface area contributed by atoms with E-state index in [1.165, 1.54) is 18.2 Å². The lowest BCUT2D eigenvalue weighted by Crippen LogP contribution is -2.33. The van der Waals surface area contributed by atoms with E-state index in [0.29, 0.717) is 34.1 Å². The monoisotopic (exact) mass is 503 g/mol. The SMILES string of the molecule is O=C(NC(F)Cc1cccc(Cl)c1)c1ccc(Oc2cc3c(cc2Cl)C(C(=O)O)CCO3)cc1. The molecule has 3 aromatic carbocycles. The summed E-state index contributed by atoms with van der Waals surface area (Å²) in [7, 11) is 0. The Balaban J connectivity index is 1.41. The van der Waals surface area contributed by atoms with Gasteiger partial charge in [-0.1, -0.05) is 35.3 Å². The van der Waals surface area contributed by atoms with Crippen LogP contribution < -0.4 is 14.8 Å². The van der Waals surface area contributed by atoms with Crippen molar-refractivity contribution in [2.75, 3.05) is 6.61 Å². The summed E-state index contributed by atoms with van der Waals surface area (Å²) in [5, 5.41) is 12.4. The van der Waals surface area contributed by atoms with E-state index in [0.717, 1.165) is 0 Å². The van der Waals surface area contributed by atoms with E-state index in [4.69, 9.17) is 32.7 Å². The molecule has 1 aliphatic rings. The molecule has 0 radical (unpaired) electrons. The molecule has 3 aromatic rings. The van der Waals surface area contributed by atoms with E-state index in [1.807, 2.05) is 0 Å². The van der Waals surface area contributed by atoms with Gasteiger partial charge >= 0.3 is 5.97 Å². The van der Waals surface area contributed by atoms with E-state index >= 15 is 0 Å². The summed E-state index contributed by atoms with van der Waals surface area (Å²) >= 11 is 12.2. The standard InChI is InChI=1S/C25H20Cl2FNO5/c26-16-3-1-2-14(10-16)11-23(28)29-24(30)15-4-6-17(7-5-15)34-22-13-21-19(12-20(22)27)18(25(31)32)8-9-33-21/h1-7,10,12-13,18,23H,8-9,11H2,(H,29,30)(H,31,32). The fraction of sp³-hybridized carbons (Fsp3) is 0.200. The number of carboxylic acid groups (broad SMARTS) is 1. The maximum atomic E-state index is 14.3. The highest BCUT2D eigenvalue weighted by molar-refractivity contribution is 6.32. The largest absolute Gasteiger partial charge is 0.493 e. The molecule has 2 atom stereocenters. The van der Waals surface area contributed by atoms with Crippen LogP contribution in [0.4, 0.5) is 4.39 Å². The van der Waals surface area contributed by atoms with Gasteiger partial charge in [0.15, 0.2) is 6.30 Å². The zero-order chi connectivity index (χ0) is 24.2. The van der Waals surface area contributed by atoms with Gasteiger partial charge in [-0.25, -0.2) is 4.39 Å². The van der Waals surface area contributed by atoms with Gasteiger partial charge in [-0.3, -0.25) is 9.59 Å². The topological polar surface area (TPSA) is 84.9 Å². The number of amides is 1. The molecule has 2 unspecified atom stereocenters. The van der Waals surface area contributed by atoms with Crippen LogP contribution in [0, 0.1) is 0 Å². The summed E-state index contributed by atoms with van der Waals surface area (Å²) in [6, 6.07) is 16.0. The smallest absolute Gasteiger partial charge is 0.311 e. The van der Waals surface area contributed by atoms with Gasteiger partial charge in [0.2, 0.25) is 0 Å². The highest BCUT2D eigenvalue weighted by Gasteiger charge is 2.29. The first kappa shape index (κ1) is 23.9. The normalized spacial score (nSPS) is 15.6. The van der Waals surface area contributed by atoms with E-state index in [9.17, 15) is 19.1 Å². The number of nitrogens with one attached hydrogen (secondary N) is 1. The second-order valence-electron chi connectivity index (χ2n) is 7.75. The Labute approximate surface area is 205 Å². The number of hydrogen-bond donors (Lipinski definition) is 2. The molecule has 0 bridgehead atoms. The lowest BCUT2D eigenvalue weighted by molar-refractivity contribution is -0.139. The molecular weight excluding hydrogens is 484 g/mol. The second-order valence-corrected chi connectivity index (χ2v) is 8.59. The number of benzene rings is 3. The Morgan fingerprint density at radius 1 is 1.15 bits per heavy atom. The van der Waals surface area contributed by atoms with E-state index < -0.39 is 24.1 Å². The number of rotatable bonds is 7. The average Bonchev–Trinajstić information content (AvgIpc) is 2.79. The van der Waals surface area contributed by atoms with Gasteiger partial charge in [0.05, 0.1) is 17.5 Å². The zero-order valence-corrected chi connectivity index (χ0v) is 19.3. The van der Waals surface area contributed by atoms with Crippen molar-refractivity contribution in [3.8, 4) is 17.2 Å². The molecule has 4 rings (SSSR count). The molecule has 0 saturated heterocycles. The zero-order valence-electron chi connectivity index (χ0n) is 17.8. The van der Waals surface area contributed by atoms with Crippen molar-refractivity contribution >= 4 is 35.1 Å². The Morgan fingerprint density at radius 2 is 1.91 bits per heavy atom. The molecule has 2 N–H and O–H groups in total. The van der Waals surface area contributed by atoms with Gasteiger partial charge in [-0.15, -0.1) is 0 Å². The van der Waals surface area contributed by atoms with Gasteiger partial charge in [-0.2, -0.15) is 0 Å². The first-order chi connectivity index (χ1) is 16.3. The third kappa shape index (κ3) is 5.61. The van der Waals surface area contributed by atoms with E-state index in [1.54, 1.807) is 42.5 Å². The van der Waals surface area contributed by atoms with Gasteiger partial charge < -0.3 is 19.9 Å². The number of alkyl halides is 1. The Bertz CT molecular complexity index is 1220. The molecule has 9 heteroatoms. The number of fused-ring (bicyclic) bond motifs is 1. The van der Waals surface area contributed by atoms with Crippen molar-refractivity contribution in [2.45, 2.75) is 25.1 Å². The molecule has 0 aromatic heterocycles. The van der Waals surface area contributed by atoms with Crippen LogP contribution in [0.5, 0.6) is 17.2 Å². The molecule has 1 amide bonds. The minimum Gasteiger partial charge on any atom is -0.493 e. The first-order valence-corrected chi connectivity index (χ1v) is 11.2. The third-order valence-electron chi connectivity index (χ3n) is 5.34. The van der Waals surface area contributed by atoms with Crippen LogP contribution >= 0.6 is 23.2 Å². The Morgan fingerprint density at radius 3 is 2.62 bits per heavy atom. The molecule has 176 valence electrons. The summed E-state index contributed by atoms with van der Waals surface area (Å²) in [5.74, 6) is -1.12. The van der Waals surface area contributed by atoms with Crippen LogP contribution in [0.15, 0.2) is 60.7 Å². The van der Waals surface area contributed by atoms with Crippen LogP contribution in [0.1, 0.15) is 33.8 Å². The van der Waals surface area contributed by atoms with Crippen molar-refractivity contribution in [1.29, 1.82) is 0 Å². The highest BCUT2D eigenvalue weighted by atomic mass is 35.5. The van der Waals surface area contributed by atoms with Gasteiger partial charge in [-0.05, 0) is 54.4 Å². The van der Waals surface area contributed by atoms with Crippen LogP contribution in [-0.4, -0.2) is 29.9 Å². The number of hydrogen-bond acceptors (Lipinski definition) is 4. The minimum absolute atomic E-state index is 0.00483. The quantitative estimate of drug-likeness (QED) is 0.386. The van der Waals surface area contributed by atoms with E-state index in [2.05, 4.69) is 5.32 Å². The number of halogens is 3. The first-order valence-electron chi connectivity index (χ1n) is 10.5. The summed E-state index contributed by atoms with van der Waals surface area (Å²) in [4.78, 5) is 23.9. The number of aliphatic carboxylic acids is 1. The fourth-order valence-corrected chi connectivity index (χ4v) is 4.10. The Kier molecular flexibility index (Phi) is 7.24. The Hall–Kier alpha value is -3.29. The molecule has 1 aliphatic heterocycles. The molecule has 6 nitrogen and oxygen atoms in total. The van der Waals surface area contributed by atoms with Crippen LogP contribution in [-0.2, 0) is 11.2 Å². The number of carbonyl (C=O) groups excluding carboxylic acids is 1. The van der Waals surface area contributed by atoms with Crippen LogP contribution in [0.3, 0.4) is 0 Å². The van der Waals surface area contributed by atoms with Crippen molar-refractivity contribution < 1.29 is 28.6 Å². The van der Waals surface area contributed by atoms with Gasteiger partial charge in [0.1, 0.15) is 17.2 Å². The average molecular weight is 504 g/mol. The summed E-state index contributed by atoms with van der Waals surface area (Å²) in [6.07, 6.45) is -1.22. The molecule has 1 heterocycles. The lowest BCUT2D eigenvalue weighted by atomic mass is 9.93. The predicted molar refractivity (Wildman–Crippen MR) is 126 cm³/mol. The minimum atomic E-state index is -1.58. The van der Waals surface area contributed by atoms with Crippen molar-refractivity contribution in [2.24, 2.45) is 0 Å². The molecular formula is C25H20Cl2FNO5. The maximum Gasteiger partial charge on any atom is 0.311 e. The molecule has 0 fully saturated rings. The third-order valence-corrected chi connectivity index (χ3v) is 5.87. The lowest BCUT2D eigenvalue weighted by Gasteiger charge is -2.24. The number of carboxylic acids is 1. The summed E-state index contributed by atoms with van der Waals surface area (Å²) in [5.41, 5.74) is 1.43.